The Morgan fingerprint density at radius 3 is 2.65 bits per heavy atom. The minimum atomic E-state index is -0.508. The van der Waals surface area contributed by atoms with Gasteiger partial charge in [-0.05, 0) is 42.7 Å². The minimum absolute atomic E-state index is 0.146. The molecule has 1 aliphatic heterocycles. The van der Waals surface area contributed by atoms with Gasteiger partial charge in [-0.15, -0.1) is 0 Å². The molecule has 1 heterocycles. The van der Waals surface area contributed by atoms with Crippen LogP contribution in [-0.4, -0.2) is 24.5 Å². The van der Waals surface area contributed by atoms with Crippen LogP contribution in [0.5, 0.6) is 5.75 Å². The van der Waals surface area contributed by atoms with Gasteiger partial charge in [-0.2, -0.15) is 0 Å². The van der Waals surface area contributed by atoms with E-state index < -0.39 is 5.91 Å². The van der Waals surface area contributed by atoms with E-state index in [4.69, 9.17) is 16.2 Å². The van der Waals surface area contributed by atoms with E-state index in [1.165, 1.54) is 0 Å². The molecule has 0 spiro atoms. The first-order chi connectivity index (χ1) is 12.5. The lowest BCUT2D eigenvalue weighted by molar-refractivity contribution is -0.120. The Bertz CT molecular complexity index is 821. The molecule has 2 unspecified atom stereocenters. The maximum absolute atomic E-state index is 11.8. The number of ether oxygens (including phenoxy) is 1. The largest absolute Gasteiger partial charge is 0.484 e. The summed E-state index contributed by atoms with van der Waals surface area (Å²) in [6.07, 6.45) is 0.685. The van der Waals surface area contributed by atoms with Crippen LogP contribution >= 0.6 is 0 Å². The molecule has 6 heteroatoms. The molecule has 2 amide bonds. The van der Waals surface area contributed by atoms with E-state index in [2.05, 4.69) is 11.8 Å². The van der Waals surface area contributed by atoms with Crippen molar-refractivity contribution in [1.29, 1.82) is 0 Å². The van der Waals surface area contributed by atoms with Crippen LogP contribution < -0.4 is 21.1 Å². The van der Waals surface area contributed by atoms with E-state index in [-0.39, 0.29) is 24.5 Å². The maximum Gasteiger partial charge on any atom is 0.255 e. The summed E-state index contributed by atoms with van der Waals surface area (Å²) >= 11 is 0. The van der Waals surface area contributed by atoms with E-state index in [0.29, 0.717) is 18.7 Å². The molecule has 3 rings (SSSR count). The predicted molar refractivity (Wildman–Crippen MR) is 99.8 cm³/mol. The second kappa shape index (κ2) is 7.47. The number of hydrogen-bond acceptors (Lipinski definition) is 4. The Balaban J connectivity index is 1.85. The fourth-order valence-corrected chi connectivity index (χ4v) is 3.47. The number of carbonyl (C=O) groups is 2. The number of nitrogens with zero attached hydrogens (tertiary/aromatic N) is 1. The highest BCUT2D eigenvalue weighted by Gasteiger charge is 2.32. The van der Waals surface area contributed by atoms with Crippen molar-refractivity contribution < 1.29 is 14.3 Å². The van der Waals surface area contributed by atoms with Crippen LogP contribution in [0.2, 0.25) is 0 Å². The van der Waals surface area contributed by atoms with E-state index >= 15 is 0 Å². The number of rotatable bonds is 6. The molecule has 0 radical (unpaired) electrons. The van der Waals surface area contributed by atoms with Gasteiger partial charge >= 0.3 is 0 Å². The van der Waals surface area contributed by atoms with Gasteiger partial charge < -0.3 is 21.1 Å². The molecule has 0 fully saturated rings. The van der Waals surface area contributed by atoms with Crippen molar-refractivity contribution in [2.45, 2.75) is 31.8 Å². The summed E-state index contributed by atoms with van der Waals surface area (Å²) in [4.78, 5) is 25.0. The Kier molecular flexibility index (Phi) is 5.11. The highest BCUT2D eigenvalue weighted by molar-refractivity contribution is 5.85. The molecule has 0 saturated heterocycles. The Labute approximate surface area is 152 Å². The molecule has 1 aliphatic rings. The Morgan fingerprint density at radius 1 is 1.15 bits per heavy atom. The number of hydrogen-bond donors (Lipinski definition) is 2. The molecule has 6 nitrogen and oxygen atoms in total. The first kappa shape index (κ1) is 17.8. The van der Waals surface area contributed by atoms with Crippen LogP contribution in [0.25, 0.3) is 0 Å². The fraction of sp³-hybridized carbons (Fsp3) is 0.300. The Morgan fingerprint density at radius 2 is 1.92 bits per heavy atom. The summed E-state index contributed by atoms with van der Waals surface area (Å²) in [5.74, 6) is -0.450. The van der Waals surface area contributed by atoms with Crippen molar-refractivity contribution in [1.82, 2.24) is 0 Å². The van der Waals surface area contributed by atoms with Crippen molar-refractivity contribution >= 4 is 17.5 Å². The summed E-state index contributed by atoms with van der Waals surface area (Å²) in [5.41, 5.74) is 13.8. The highest BCUT2D eigenvalue weighted by atomic mass is 16.5. The maximum atomic E-state index is 11.8. The molecule has 2 atom stereocenters. The van der Waals surface area contributed by atoms with E-state index in [9.17, 15) is 9.59 Å². The quantitative estimate of drug-likeness (QED) is 0.829. The normalized spacial score (nSPS) is 18.9. The van der Waals surface area contributed by atoms with Gasteiger partial charge in [0, 0.05) is 18.3 Å². The van der Waals surface area contributed by atoms with Crippen LogP contribution in [0.1, 0.15) is 30.4 Å². The zero-order chi connectivity index (χ0) is 18.7. The summed E-state index contributed by atoms with van der Waals surface area (Å²) < 4.78 is 5.39. The second-order valence-electron chi connectivity index (χ2n) is 6.63. The zero-order valence-corrected chi connectivity index (χ0v) is 14.7. The number of amides is 2. The number of anilines is 1. The summed E-state index contributed by atoms with van der Waals surface area (Å²) in [5, 5.41) is 0. The molecular formula is C20H23N3O3. The monoisotopic (exact) mass is 353 g/mol. The van der Waals surface area contributed by atoms with E-state index in [1.807, 2.05) is 42.5 Å². The molecular weight excluding hydrogens is 330 g/mol. The molecule has 0 bridgehead atoms. The first-order valence-corrected chi connectivity index (χ1v) is 8.60. The first-order valence-electron chi connectivity index (χ1n) is 8.60. The van der Waals surface area contributed by atoms with Gasteiger partial charge in [-0.1, -0.05) is 30.3 Å². The van der Waals surface area contributed by atoms with Gasteiger partial charge in [0.25, 0.3) is 5.91 Å². The summed E-state index contributed by atoms with van der Waals surface area (Å²) in [6, 6.07) is 15.6. The number of fused-ring (bicyclic) bond motifs is 1. The smallest absolute Gasteiger partial charge is 0.255 e. The van der Waals surface area contributed by atoms with Gasteiger partial charge in [0.1, 0.15) is 5.75 Å². The average molecular weight is 353 g/mol. The lowest BCUT2D eigenvalue weighted by Crippen LogP contribution is -2.41. The third-order valence-corrected chi connectivity index (χ3v) is 4.71. The molecule has 26 heavy (non-hydrogen) atoms. The lowest BCUT2D eigenvalue weighted by atomic mass is 9.85. The van der Waals surface area contributed by atoms with Crippen molar-refractivity contribution in [2.75, 3.05) is 11.5 Å². The van der Waals surface area contributed by atoms with Crippen LogP contribution in [-0.2, 0) is 16.1 Å². The summed E-state index contributed by atoms with van der Waals surface area (Å²) in [6.45, 7) is 2.61. The molecule has 0 saturated carbocycles. The van der Waals surface area contributed by atoms with E-state index in [0.717, 1.165) is 16.8 Å². The number of carbonyl (C=O) groups excluding carboxylic acids is 2. The van der Waals surface area contributed by atoms with Crippen molar-refractivity contribution in [2.24, 2.45) is 11.5 Å². The van der Waals surface area contributed by atoms with Gasteiger partial charge in [-0.25, -0.2) is 0 Å². The fourth-order valence-electron chi connectivity index (χ4n) is 3.47. The highest BCUT2D eigenvalue weighted by Crippen LogP contribution is 2.39. The van der Waals surface area contributed by atoms with Gasteiger partial charge in [-0.3, -0.25) is 9.59 Å². The molecule has 2 aromatic rings. The molecule has 136 valence electrons. The minimum Gasteiger partial charge on any atom is -0.484 e. The van der Waals surface area contributed by atoms with Gasteiger partial charge in [0.15, 0.2) is 6.61 Å². The van der Waals surface area contributed by atoms with Crippen molar-refractivity contribution in [3.05, 3.63) is 59.7 Å². The van der Waals surface area contributed by atoms with Crippen LogP contribution in [0, 0.1) is 0 Å². The number of benzene rings is 2. The molecule has 4 N–H and O–H groups in total. The summed E-state index contributed by atoms with van der Waals surface area (Å²) in [7, 11) is 0. The molecule has 0 aromatic heterocycles. The standard InChI is InChI=1S/C20H23N3O3/c1-13-9-17(20(22)25)16-7-2-3-8-18(16)23(13)11-14-5-4-6-15(10-14)26-12-19(21)24/h2-8,10,13,17H,9,11-12H2,1H3,(H2,21,24)(H2,22,25). The van der Waals surface area contributed by atoms with Crippen LogP contribution in [0.15, 0.2) is 48.5 Å². The number of nitrogens with two attached hydrogens (primary N) is 2. The number of para-hydroxylation sites is 1. The topological polar surface area (TPSA) is 98.7 Å². The molecule has 2 aromatic carbocycles. The van der Waals surface area contributed by atoms with Gasteiger partial charge in [0.2, 0.25) is 5.91 Å². The number of primary amides is 2. The van der Waals surface area contributed by atoms with Gasteiger partial charge in [0.05, 0.1) is 5.92 Å². The average Bonchev–Trinajstić information content (AvgIpc) is 2.62. The predicted octanol–water partition coefficient (Wildman–Crippen LogP) is 1.92. The van der Waals surface area contributed by atoms with Crippen LogP contribution in [0.4, 0.5) is 5.69 Å². The SMILES string of the molecule is CC1CC(C(N)=O)c2ccccc2N1Cc1cccc(OCC(N)=O)c1. The van der Waals surface area contributed by atoms with Crippen LogP contribution in [0.3, 0.4) is 0 Å². The Hall–Kier alpha value is -3.02. The zero-order valence-electron chi connectivity index (χ0n) is 14.7. The third kappa shape index (κ3) is 3.79. The second-order valence-corrected chi connectivity index (χ2v) is 6.63. The van der Waals surface area contributed by atoms with E-state index in [1.54, 1.807) is 6.07 Å². The third-order valence-electron chi connectivity index (χ3n) is 4.71. The van der Waals surface area contributed by atoms with Crippen molar-refractivity contribution in [3.8, 4) is 5.75 Å². The molecule has 0 aliphatic carbocycles. The van der Waals surface area contributed by atoms with Crippen molar-refractivity contribution in [3.63, 3.8) is 0 Å². The lowest BCUT2D eigenvalue weighted by Gasteiger charge is -2.40.